The van der Waals surface area contributed by atoms with E-state index < -0.39 is 96.6 Å². The lowest BCUT2D eigenvalue weighted by Crippen LogP contribution is -2.45. The fourth-order valence-electron chi connectivity index (χ4n) is 7.41. The minimum absolute atomic E-state index is 0.0319. The monoisotopic (exact) mass is 1120 g/mol. The highest BCUT2D eigenvalue weighted by atomic mass is 16.5. The molecule has 13 N–H and O–H groups in total. The zero-order chi connectivity index (χ0) is 58.2. The number of carboxylic acids is 5. The van der Waals surface area contributed by atoms with Crippen molar-refractivity contribution in [3.05, 3.63) is 0 Å². The van der Waals surface area contributed by atoms with Crippen LogP contribution in [0.25, 0.3) is 0 Å². The smallest absolute Gasteiger partial charge is 0.326 e. The van der Waals surface area contributed by atoms with E-state index in [2.05, 4.69) is 31.9 Å². The molecule has 0 radical (unpaired) electrons. The first kappa shape index (κ1) is 72.0. The fraction of sp³-hybridized carbons (Fsp3) is 0.784. The van der Waals surface area contributed by atoms with Crippen LogP contribution in [-0.4, -0.2) is 187 Å². The van der Waals surface area contributed by atoms with Gasteiger partial charge in [-0.25, -0.2) is 14.4 Å². The van der Waals surface area contributed by atoms with Crippen molar-refractivity contribution in [2.75, 3.05) is 72.5 Å². The van der Waals surface area contributed by atoms with Crippen LogP contribution in [0, 0.1) is 0 Å². The van der Waals surface area contributed by atoms with Crippen molar-refractivity contribution >= 4 is 65.3 Å². The largest absolute Gasteiger partial charge is 0.481 e. The lowest BCUT2D eigenvalue weighted by molar-refractivity contribution is -0.144. The molecule has 0 rings (SSSR count). The van der Waals surface area contributed by atoms with E-state index in [0.717, 1.165) is 51.4 Å². The average molecular weight is 1120 g/mol. The summed E-state index contributed by atoms with van der Waals surface area (Å²) in [5, 5.41) is 60.7. The molecule has 0 bridgehead atoms. The molecule has 0 heterocycles. The van der Waals surface area contributed by atoms with E-state index in [1.807, 2.05) is 0 Å². The second-order valence-electron chi connectivity index (χ2n) is 18.7. The van der Waals surface area contributed by atoms with E-state index in [1.54, 1.807) is 0 Å². The molecule has 0 saturated heterocycles. The number of rotatable bonds is 54. The third-order valence-electron chi connectivity index (χ3n) is 11.9. The normalized spacial score (nSPS) is 12.5. The summed E-state index contributed by atoms with van der Waals surface area (Å²) < 4.78 is 21.2. The Bertz CT molecular complexity index is 1780. The third kappa shape index (κ3) is 45.0. The number of hydrogen-bond acceptors (Lipinski definition) is 16. The van der Waals surface area contributed by atoms with Gasteiger partial charge < -0.3 is 82.1 Å². The van der Waals surface area contributed by atoms with Crippen LogP contribution in [0.1, 0.15) is 161 Å². The van der Waals surface area contributed by atoms with Crippen molar-refractivity contribution in [1.82, 2.24) is 31.9 Å². The Balaban J connectivity index is 3.95. The van der Waals surface area contributed by atoms with Crippen molar-refractivity contribution in [2.24, 2.45) is 5.73 Å². The van der Waals surface area contributed by atoms with Gasteiger partial charge in [0.2, 0.25) is 35.4 Å². The summed E-state index contributed by atoms with van der Waals surface area (Å²) >= 11 is 0. The quantitative estimate of drug-likeness (QED) is 0.0383. The lowest BCUT2D eigenvalue weighted by Gasteiger charge is -2.17. The van der Waals surface area contributed by atoms with Gasteiger partial charge in [-0.15, -0.1) is 0 Å². The molecule has 448 valence electrons. The van der Waals surface area contributed by atoms with E-state index in [4.69, 9.17) is 34.9 Å². The number of carboxylic acid groups (broad SMARTS) is 5. The van der Waals surface area contributed by atoms with Crippen LogP contribution in [0.4, 0.5) is 0 Å². The summed E-state index contributed by atoms with van der Waals surface area (Å²) in [7, 11) is 0. The molecule has 0 aromatic carbocycles. The second kappa shape index (κ2) is 48.1. The van der Waals surface area contributed by atoms with E-state index in [0.29, 0.717) is 19.3 Å². The van der Waals surface area contributed by atoms with E-state index in [-0.39, 0.29) is 123 Å². The fourth-order valence-corrected chi connectivity index (χ4v) is 7.41. The molecule has 1 unspecified atom stereocenters. The molecule has 27 heteroatoms. The maximum absolute atomic E-state index is 12.4. The Hall–Kier alpha value is -6.03. The van der Waals surface area contributed by atoms with Gasteiger partial charge >= 0.3 is 29.8 Å². The van der Waals surface area contributed by atoms with Gasteiger partial charge in [-0.1, -0.05) is 77.0 Å². The topological polar surface area (TPSA) is 424 Å². The SMILES string of the molecule is NC(CCCCNC(=O)CC[C@H](NC(=O)CC[C@H](NC(=O)COCCOCCNC(=O)COCCOCCNC(=O)CC[C@H](NC(=O)CCCCCCCCCCCCCCCCC(=O)O)C(=O)O)C(=O)O)C(=O)O)C(=O)O. The molecule has 27 nitrogen and oxygen atoms in total. The van der Waals surface area contributed by atoms with E-state index >= 15 is 0 Å². The summed E-state index contributed by atoms with van der Waals surface area (Å²) in [6.07, 6.45) is 14.8. The summed E-state index contributed by atoms with van der Waals surface area (Å²) in [4.78, 5) is 130. The number of carbonyl (C=O) groups is 11. The standard InChI is InChI=1S/C51H89N7O20/c52-37(48(67)68)17-15-16-26-53-41(59)23-20-39(50(71)72)57-44(62)25-22-40(51(73)74)58-46(64)36-78-34-32-76-30-28-55-45(63)35-77-33-31-75-29-27-54-42(60)24-21-38(49(69)70)56-43(61)18-13-11-9-7-5-3-1-2-4-6-8-10-12-14-19-47(65)66/h37-40H,1-36,52H2,(H,53,59)(H,54,60)(H,55,63)(H,56,61)(H,57,62)(H,58,64)(H,65,66)(H,67,68)(H,69,70)(H,71,72)(H,73,74)/t37?,38-,39-,40-/m0/s1. The van der Waals surface area contributed by atoms with Crippen molar-refractivity contribution in [1.29, 1.82) is 0 Å². The molecule has 0 fully saturated rings. The van der Waals surface area contributed by atoms with Crippen LogP contribution in [0.3, 0.4) is 0 Å². The Labute approximate surface area is 456 Å². The Morgan fingerprint density at radius 2 is 0.667 bits per heavy atom. The highest BCUT2D eigenvalue weighted by Gasteiger charge is 2.25. The minimum atomic E-state index is -1.49. The molecule has 0 saturated carbocycles. The number of hydrogen-bond donors (Lipinski definition) is 12. The van der Waals surface area contributed by atoms with Gasteiger partial charge in [0.15, 0.2) is 0 Å². The van der Waals surface area contributed by atoms with Gasteiger partial charge in [0.05, 0.1) is 39.6 Å². The Morgan fingerprint density at radius 3 is 1.09 bits per heavy atom. The molecular formula is C51H89N7O20. The molecule has 0 aromatic rings. The molecule has 0 aromatic heterocycles. The van der Waals surface area contributed by atoms with Gasteiger partial charge in [-0.3, -0.25) is 38.4 Å². The lowest BCUT2D eigenvalue weighted by atomic mass is 10.0. The predicted octanol–water partition coefficient (Wildman–Crippen LogP) is 1.36. The van der Waals surface area contributed by atoms with Crippen LogP contribution in [0.15, 0.2) is 0 Å². The van der Waals surface area contributed by atoms with E-state index in [9.17, 15) is 68.1 Å². The van der Waals surface area contributed by atoms with Crippen molar-refractivity contribution < 1.29 is 97.2 Å². The molecule has 0 aliphatic heterocycles. The summed E-state index contributed by atoms with van der Waals surface area (Å²) in [6.45, 7) is 0.153. The van der Waals surface area contributed by atoms with Crippen LogP contribution < -0.4 is 37.6 Å². The molecule has 4 atom stereocenters. The summed E-state index contributed by atoms with van der Waals surface area (Å²) in [5.74, 6) is -9.21. The Kier molecular flexibility index (Phi) is 44.4. The number of carbonyl (C=O) groups excluding carboxylic acids is 6. The zero-order valence-electron chi connectivity index (χ0n) is 45.2. The van der Waals surface area contributed by atoms with Gasteiger partial charge in [-0.05, 0) is 51.4 Å². The second-order valence-corrected chi connectivity index (χ2v) is 18.7. The average Bonchev–Trinajstić information content (AvgIpc) is 3.38. The first-order valence-electron chi connectivity index (χ1n) is 27.2. The van der Waals surface area contributed by atoms with Crippen LogP contribution >= 0.6 is 0 Å². The molecule has 6 amide bonds. The number of amides is 6. The molecule has 78 heavy (non-hydrogen) atoms. The van der Waals surface area contributed by atoms with Crippen molar-refractivity contribution in [3.8, 4) is 0 Å². The Morgan fingerprint density at radius 1 is 0.321 bits per heavy atom. The minimum Gasteiger partial charge on any atom is -0.481 e. The van der Waals surface area contributed by atoms with Crippen LogP contribution in [0.2, 0.25) is 0 Å². The first-order valence-corrected chi connectivity index (χ1v) is 27.2. The van der Waals surface area contributed by atoms with Crippen molar-refractivity contribution in [2.45, 2.75) is 185 Å². The number of nitrogens with one attached hydrogen (secondary N) is 6. The van der Waals surface area contributed by atoms with Gasteiger partial charge in [0.25, 0.3) is 0 Å². The molecular weight excluding hydrogens is 1030 g/mol. The first-order chi connectivity index (χ1) is 37.3. The maximum Gasteiger partial charge on any atom is 0.326 e. The van der Waals surface area contributed by atoms with Gasteiger partial charge in [0.1, 0.15) is 37.4 Å². The number of unbranched alkanes of at least 4 members (excludes halogenated alkanes) is 14. The maximum atomic E-state index is 12.4. The van der Waals surface area contributed by atoms with Crippen LogP contribution in [-0.2, 0) is 71.7 Å². The molecule has 0 spiro atoms. The van der Waals surface area contributed by atoms with Crippen molar-refractivity contribution in [3.63, 3.8) is 0 Å². The summed E-state index contributed by atoms with van der Waals surface area (Å²) in [6, 6.07) is -5.12. The molecule has 0 aliphatic carbocycles. The highest BCUT2D eigenvalue weighted by Crippen LogP contribution is 2.14. The van der Waals surface area contributed by atoms with E-state index in [1.165, 1.54) is 32.1 Å². The van der Waals surface area contributed by atoms with Gasteiger partial charge in [0, 0.05) is 51.7 Å². The number of ether oxygens (including phenoxy) is 4. The van der Waals surface area contributed by atoms with Gasteiger partial charge in [-0.2, -0.15) is 0 Å². The highest BCUT2D eigenvalue weighted by molar-refractivity contribution is 5.87. The third-order valence-corrected chi connectivity index (χ3v) is 11.9. The predicted molar refractivity (Wildman–Crippen MR) is 280 cm³/mol. The zero-order valence-corrected chi connectivity index (χ0v) is 45.2. The van der Waals surface area contributed by atoms with Crippen LogP contribution in [0.5, 0.6) is 0 Å². The number of aliphatic carboxylic acids is 5. The summed E-state index contributed by atoms with van der Waals surface area (Å²) in [5.41, 5.74) is 5.42. The molecule has 0 aliphatic rings. The number of nitrogens with two attached hydrogens (primary N) is 1.